The van der Waals surface area contributed by atoms with Crippen LogP contribution in [0, 0.1) is 0 Å². The molecule has 0 aliphatic heterocycles. The highest BCUT2D eigenvalue weighted by Crippen LogP contribution is 2.48. The number of rotatable bonds is 2. The van der Waals surface area contributed by atoms with Crippen molar-refractivity contribution in [2.75, 3.05) is 0 Å². The molecule has 0 N–H and O–H groups in total. The summed E-state index contributed by atoms with van der Waals surface area (Å²) >= 11 is 0. The molecule has 8 rings (SSSR count). The van der Waals surface area contributed by atoms with Gasteiger partial charge in [-0.15, -0.1) is 0 Å². The van der Waals surface area contributed by atoms with Crippen LogP contribution in [0.15, 0.2) is 133 Å². The first kappa shape index (κ1) is 19.6. The smallest absolute Gasteiger partial charge is 0.00259 e. The van der Waals surface area contributed by atoms with Crippen molar-refractivity contribution in [2.45, 2.75) is 0 Å². The van der Waals surface area contributed by atoms with Crippen molar-refractivity contribution in [1.82, 2.24) is 0 Å². The maximum absolute atomic E-state index is 2.37. The molecule has 0 spiro atoms. The molecule has 0 aromatic heterocycles. The summed E-state index contributed by atoms with van der Waals surface area (Å²) in [6.07, 6.45) is 0. The van der Waals surface area contributed by atoms with Gasteiger partial charge < -0.3 is 0 Å². The molecule has 0 unspecified atom stereocenters. The summed E-state index contributed by atoms with van der Waals surface area (Å²) in [6, 6.07) is 49.0. The molecule has 1 aliphatic carbocycles. The molecule has 0 nitrogen and oxygen atoms in total. The van der Waals surface area contributed by atoms with Crippen LogP contribution in [0.3, 0.4) is 0 Å². The predicted octanol–water partition coefficient (Wildman–Crippen LogP) is 10.1. The first-order valence-electron chi connectivity index (χ1n) is 12.5. The van der Waals surface area contributed by atoms with Gasteiger partial charge in [-0.1, -0.05) is 115 Å². The average Bonchev–Trinajstić information content (AvgIpc) is 3.28. The molecule has 0 amide bonds. The van der Waals surface area contributed by atoms with E-state index in [0.29, 0.717) is 0 Å². The lowest BCUT2D eigenvalue weighted by Crippen LogP contribution is -1.86. The topological polar surface area (TPSA) is 0 Å². The second kappa shape index (κ2) is 7.41. The molecule has 0 fully saturated rings. The van der Waals surface area contributed by atoms with Crippen LogP contribution in [0.5, 0.6) is 0 Å². The Morgan fingerprint density at radius 2 is 0.889 bits per heavy atom. The monoisotopic (exact) mass is 454 g/mol. The van der Waals surface area contributed by atoms with Crippen LogP contribution in [-0.4, -0.2) is 0 Å². The lowest BCUT2D eigenvalue weighted by molar-refractivity contribution is 1.63. The standard InChI is InChI=1S/C36H22/c1-2-10-28-25(8-1)21-34(31-13-5-3-11-29(28)31)24-18-16-23(17-19-24)27-20-26-9-7-15-33-30-12-4-6-14-32(30)35(22-27)36(26)33/h1-22H. The van der Waals surface area contributed by atoms with Crippen molar-refractivity contribution in [3.05, 3.63) is 133 Å². The van der Waals surface area contributed by atoms with Crippen molar-refractivity contribution in [1.29, 1.82) is 0 Å². The van der Waals surface area contributed by atoms with E-state index in [4.69, 9.17) is 0 Å². The molecule has 0 heterocycles. The van der Waals surface area contributed by atoms with E-state index in [2.05, 4.69) is 133 Å². The van der Waals surface area contributed by atoms with Gasteiger partial charge in [0.05, 0.1) is 0 Å². The van der Waals surface area contributed by atoms with Gasteiger partial charge in [0.1, 0.15) is 0 Å². The highest BCUT2D eigenvalue weighted by atomic mass is 14.2. The minimum atomic E-state index is 1.25. The summed E-state index contributed by atoms with van der Waals surface area (Å²) in [6.45, 7) is 0. The van der Waals surface area contributed by atoms with Crippen LogP contribution >= 0.6 is 0 Å². The largest absolute Gasteiger partial charge is 0.0616 e. The van der Waals surface area contributed by atoms with Crippen LogP contribution in [-0.2, 0) is 0 Å². The molecule has 0 bridgehead atoms. The summed E-state index contributed by atoms with van der Waals surface area (Å²) in [7, 11) is 0. The Labute approximate surface area is 210 Å². The Morgan fingerprint density at radius 3 is 1.72 bits per heavy atom. The van der Waals surface area contributed by atoms with E-state index in [-0.39, 0.29) is 0 Å². The average molecular weight is 455 g/mol. The molecule has 0 saturated heterocycles. The Morgan fingerprint density at radius 1 is 0.278 bits per heavy atom. The molecular weight excluding hydrogens is 432 g/mol. The van der Waals surface area contributed by atoms with Crippen LogP contribution < -0.4 is 0 Å². The van der Waals surface area contributed by atoms with Gasteiger partial charge in [0.15, 0.2) is 0 Å². The summed E-state index contributed by atoms with van der Waals surface area (Å²) in [5, 5.41) is 7.88. The number of benzene rings is 7. The molecule has 0 heteroatoms. The van der Waals surface area contributed by atoms with Crippen molar-refractivity contribution < 1.29 is 0 Å². The number of hydrogen-bond donors (Lipinski definition) is 0. The third-order valence-electron chi connectivity index (χ3n) is 7.78. The van der Waals surface area contributed by atoms with Gasteiger partial charge in [0.2, 0.25) is 0 Å². The normalized spacial score (nSPS) is 11.9. The highest BCUT2D eigenvalue weighted by Gasteiger charge is 2.21. The van der Waals surface area contributed by atoms with E-state index < -0.39 is 0 Å². The van der Waals surface area contributed by atoms with Crippen molar-refractivity contribution in [3.8, 4) is 44.5 Å². The molecule has 0 atom stereocenters. The first-order valence-corrected chi connectivity index (χ1v) is 12.5. The zero-order valence-electron chi connectivity index (χ0n) is 19.7. The molecule has 0 saturated carbocycles. The zero-order chi connectivity index (χ0) is 23.6. The van der Waals surface area contributed by atoms with E-state index in [1.807, 2.05) is 0 Å². The SMILES string of the molecule is c1ccc2c(c1)-c1cccc3cc(-c4ccc(-c5cc6ccccc6c6ccccc56)cc4)cc-2c13. The van der Waals surface area contributed by atoms with Gasteiger partial charge in [0, 0.05) is 0 Å². The van der Waals surface area contributed by atoms with E-state index in [9.17, 15) is 0 Å². The van der Waals surface area contributed by atoms with Gasteiger partial charge in [-0.2, -0.15) is 0 Å². The summed E-state index contributed by atoms with van der Waals surface area (Å²) in [4.78, 5) is 0. The fourth-order valence-corrected chi connectivity index (χ4v) is 6.12. The van der Waals surface area contributed by atoms with Gasteiger partial charge >= 0.3 is 0 Å². The van der Waals surface area contributed by atoms with Crippen LogP contribution in [0.4, 0.5) is 0 Å². The van der Waals surface area contributed by atoms with Crippen LogP contribution in [0.1, 0.15) is 0 Å². The molecule has 36 heavy (non-hydrogen) atoms. The summed E-state index contributed by atoms with van der Waals surface area (Å²) in [5.74, 6) is 0. The maximum Gasteiger partial charge on any atom is -0.00259 e. The van der Waals surface area contributed by atoms with Crippen LogP contribution in [0.25, 0.3) is 76.8 Å². The predicted molar refractivity (Wildman–Crippen MR) is 154 cm³/mol. The summed E-state index contributed by atoms with van der Waals surface area (Å²) in [5.41, 5.74) is 10.4. The third kappa shape index (κ3) is 2.76. The first-order chi connectivity index (χ1) is 17.8. The third-order valence-corrected chi connectivity index (χ3v) is 7.78. The lowest BCUT2D eigenvalue weighted by Gasteiger charge is -2.12. The van der Waals surface area contributed by atoms with E-state index in [0.717, 1.165) is 0 Å². The van der Waals surface area contributed by atoms with Crippen LogP contribution in [0.2, 0.25) is 0 Å². The molecule has 0 radical (unpaired) electrons. The lowest BCUT2D eigenvalue weighted by atomic mass is 9.91. The van der Waals surface area contributed by atoms with Crippen molar-refractivity contribution in [3.63, 3.8) is 0 Å². The second-order valence-corrected chi connectivity index (χ2v) is 9.74. The zero-order valence-corrected chi connectivity index (χ0v) is 19.7. The maximum atomic E-state index is 2.37. The Balaban J connectivity index is 1.29. The van der Waals surface area contributed by atoms with Crippen molar-refractivity contribution in [2.24, 2.45) is 0 Å². The van der Waals surface area contributed by atoms with Gasteiger partial charge in [0.25, 0.3) is 0 Å². The molecular formula is C36H22. The quantitative estimate of drug-likeness (QED) is 0.228. The van der Waals surface area contributed by atoms with E-state index in [1.165, 1.54) is 76.8 Å². The highest BCUT2D eigenvalue weighted by molar-refractivity contribution is 6.17. The number of hydrogen-bond acceptors (Lipinski definition) is 0. The minimum absolute atomic E-state index is 1.25. The Hall–Kier alpha value is -4.68. The minimum Gasteiger partial charge on any atom is -0.0616 e. The summed E-state index contributed by atoms with van der Waals surface area (Å²) < 4.78 is 0. The molecule has 7 aromatic carbocycles. The Kier molecular flexibility index (Phi) is 4.03. The molecule has 7 aromatic rings. The van der Waals surface area contributed by atoms with Crippen molar-refractivity contribution >= 4 is 32.3 Å². The van der Waals surface area contributed by atoms with E-state index in [1.54, 1.807) is 0 Å². The fraction of sp³-hybridized carbons (Fsp3) is 0. The second-order valence-electron chi connectivity index (χ2n) is 9.74. The number of fused-ring (bicyclic) bond motifs is 6. The van der Waals surface area contributed by atoms with Gasteiger partial charge in [-0.25, -0.2) is 0 Å². The van der Waals surface area contributed by atoms with Gasteiger partial charge in [-0.05, 0) is 95.0 Å². The molecule has 166 valence electrons. The fourth-order valence-electron chi connectivity index (χ4n) is 6.12. The van der Waals surface area contributed by atoms with Gasteiger partial charge in [-0.3, -0.25) is 0 Å². The molecule has 1 aliphatic rings. The Bertz CT molecular complexity index is 1970. The van der Waals surface area contributed by atoms with E-state index >= 15 is 0 Å².